The van der Waals surface area contributed by atoms with Gasteiger partial charge < -0.3 is 20.4 Å². The van der Waals surface area contributed by atoms with Crippen molar-refractivity contribution in [3.63, 3.8) is 0 Å². The number of likely N-dealkylation sites (tertiary alicyclic amines) is 1. The number of urea groups is 1. The molecule has 2 atom stereocenters. The Morgan fingerprint density at radius 2 is 2.25 bits per heavy atom. The van der Waals surface area contributed by atoms with Gasteiger partial charge >= 0.3 is 12.0 Å². The number of aliphatic hydroxyl groups is 1. The van der Waals surface area contributed by atoms with Crippen LogP contribution in [0.2, 0.25) is 0 Å². The molecule has 0 radical (unpaired) electrons. The molecule has 1 aliphatic rings. The van der Waals surface area contributed by atoms with Gasteiger partial charge in [0.25, 0.3) is 0 Å². The molecule has 3 N–H and O–H groups in total. The van der Waals surface area contributed by atoms with Crippen LogP contribution in [-0.2, 0) is 4.79 Å². The number of rotatable bonds is 4. The Labute approximate surface area is 94.2 Å². The number of aliphatic carboxylic acids is 1. The Kier molecular flexibility index (Phi) is 4.54. The first-order valence-corrected chi connectivity index (χ1v) is 5.47. The summed E-state index contributed by atoms with van der Waals surface area (Å²) in [6, 6.07) is -1.21. The molecule has 92 valence electrons. The fourth-order valence-electron chi connectivity index (χ4n) is 1.85. The van der Waals surface area contributed by atoms with Crippen molar-refractivity contribution in [3.8, 4) is 0 Å². The molecule has 0 bridgehead atoms. The first-order chi connectivity index (χ1) is 7.56. The zero-order valence-electron chi connectivity index (χ0n) is 9.35. The maximum absolute atomic E-state index is 11.7. The SMILES string of the molecule is CC1CCCN1C(=O)N[C@H](CCO)C(=O)O. The lowest BCUT2D eigenvalue weighted by Gasteiger charge is -2.24. The topological polar surface area (TPSA) is 89.9 Å². The van der Waals surface area contributed by atoms with E-state index in [0.717, 1.165) is 12.8 Å². The fourth-order valence-corrected chi connectivity index (χ4v) is 1.85. The molecule has 0 aliphatic carbocycles. The molecule has 1 rings (SSSR count). The number of carbonyl (C=O) groups excluding carboxylic acids is 1. The van der Waals surface area contributed by atoms with Crippen LogP contribution in [0.1, 0.15) is 26.2 Å². The highest BCUT2D eigenvalue weighted by molar-refractivity contribution is 5.82. The average molecular weight is 230 g/mol. The summed E-state index contributed by atoms with van der Waals surface area (Å²) in [5.41, 5.74) is 0. The highest BCUT2D eigenvalue weighted by Crippen LogP contribution is 2.16. The molecule has 1 heterocycles. The van der Waals surface area contributed by atoms with Gasteiger partial charge in [0.2, 0.25) is 0 Å². The van der Waals surface area contributed by atoms with Crippen molar-refractivity contribution in [1.82, 2.24) is 10.2 Å². The van der Waals surface area contributed by atoms with Crippen molar-refractivity contribution in [2.75, 3.05) is 13.2 Å². The Bertz CT molecular complexity index is 270. The van der Waals surface area contributed by atoms with Gasteiger partial charge in [0.15, 0.2) is 0 Å². The van der Waals surface area contributed by atoms with Crippen molar-refractivity contribution in [1.29, 1.82) is 0 Å². The van der Waals surface area contributed by atoms with Gasteiger partial charge in [-0.2, -0.15) is 0 Å². The molecule has 2 amide bonds. The van der Waals surface area contributed by atoms with E-state index in [1.807, 2.05) is 6.92 Å². The molecule has 1 aliphatic heterocycles. The fraction of sp³-hybridized carbons (Fsp3) is 0.800. The van der Waals surface area contributed by atoms with E-state index in [2.05, 4.69) is 5.32 Å². The normalized spacial score (nSPS) is 21.9. The first-order valence-electron chi connectivity index (χ1n) is 5.47. The highest BCUT2D eigenvalue weighted by atomic mass is 16.4. The molecule has 0 aromatic carbocycles. The molecule has 0 saturated carbocycles. The van der Waals surface area contributed by atoms with Crippen molar-refractivity contribution in [3.05, 3.63) is 0 Å². The van der Waals surface area contributed by atoms with Crippen LogP contribution < -0.4 is 5.32 Å². The third-order valence-electron chi connectivity index (χ3n) is 2.83. The van der Waals surface area contributed by atoms with Crippen LogP contribution in [0.3, 0.4) is 0 Å². The van der Waals surface area contributed by atoms with Crippen LogP contribution in [0.5, 0.6) is 0 Å². The molecule has 1 fully saturated rings. The molecule has 0 aromatic heterocycles. The largest absolute Gasteiger partial charge is 0.480 e. The quantitative estimate of drug-likeness (QED) is 0.635. The summed E-state index contributed by atoms with van der Waals surface area (Å²) >= 11 is 0. The van der Waals surface area contributed by atoms with Crippen LogP contribution in [0, 0.1) is 0 Å². The number of amides is 2. The number of carbonyl (C=O) groups is 2. The molecular formula is C10H18N2O4. The van der Waals surface area contributed by atoms with Crippen molar-refractivity contribution >= 4 is 12.0 Å². The monoisotopic (exact) mass is 230 g/mol. The van der Waals surface area contributed by atoms with E-state index in [9.17, 15) is 9.59 Å². The second-order valence-electron chi connectivity index (χ2n) is 4.04. The third kappa shape index (κ3) is 3.10. The van der Waals surface area contributed by atoms with E-state index >= 15 is 0 Å². The van der Waals surface area contributed by atoms with Gasteiger partial charge in [-0.3, -0.25) is 0 Å². The van der Waals surface area contributed by atoms with Gasteiger partial charge in [-0.15, -0.1) is 0 Å². The van der Waals surface area contributed by atoms with Gasteiger partial charge in [-0.25, -0.2) is 9.59 Å². The lowest BCUT2D eigenvalue weighted by molar-refractivity contribution is -0.139. The van der Waals surface area contributed by atoms with Gasteiger partial charge in [-0.1, -0.05) is 0 Å². The van der Waals surface area contributed by atoms with Crippen LogP contribution in [0.25, 0.3) is 0 Å². The van der Waals surface area contributed by atoms with E-state index in [1.54, 1.807) is 4.90 Å². The molecular weight excluding hydrogens is 212 g/mol. The summed E-state index contributed by atoms with van der Waals surface area (Å²) in [5.74, 6) is -1.12. The van der Waals surface area contributed by atoms with Gasteiger partial charge in [0.05, 0.1) is 0 Å². The van der Waals surface area contributed by atoms with Gasteiger partial charge in [0.1, 0.15) is 6.04 Å². The molecule has 0 aromatic rings. The number of hydrogen-bond donors (Lipinski definition) is 3. The molecule has 16 heavy (non-hydrogen) atoms. The van der Waals surface area contributed by atoms with E-state index < -0.39 is 12.0 Å². The summed E-state index contributed by atoms with van der Waals surface area (Å²) in [6.45, 7) is 2.35. The number of nitrogens with one attached hydrogen (secondary N) is 1. The molecule has 1 saturated heterocycles. The molecule has 6 heteroatoms. The number of nitrogens with zero attached hydrogens (tertiary/aromatic N) is 1. The van der Waals surface area contributed by atoms with Crippen molar-refractivity contribution < 1.29 is 19.8 Å². The Morgan fingerprint density at radius 3 is 2.69 bits per heavy atom. The van der Waals surface area contributed by atoms with Crippen LogP contribution in [0.15, 0.2) is 0 Å². The maximum atomic E-state index is 11.7. The average Bonchev–Trinajstić information content (AvgIpc) is 2.63. The number of aliphatic hydroxyl groups excluding tert-OH is 1. The van der Waals surface area contributed by atoms with E-state index in [0.29, 0.717) is 6.54 Å². The second kappa shape index (κ2) is 5.69. The summed E-state index contributed by atoms with van der Waals surface area (Å²) in [5, 5.41) is 19.9. The molecule has 0 spiro atoms. The zero-order valence-corrected chi connectivity index (χ0v) is 9.35. The minimum absolute atomic E-state index is 0.0310. The maximum Gasteiger partial charge on any atom is 0.326 e. The van der Waals surface area contributed by atoms with E-state index in [4.69, 9.17) is 10.2 Å². The summed E-state index contributed by atoms with van der Waals surface area (Å²) in [4.78, 5) is 24.1. The smallest absolute Gasteiger partial charge is 0.326 e. The van der Waals surface area contributed by atoms with Crippen molar-refractivity contribution in [2.45, 2.75) is 38.3 Å². The summed E-state index contributed by atoms with van der Waals surface area (Å²) in [6.07, 6.45) is 1.93. The predicted octanol–water partition coefficient (Wildman–Crippen LogP) is 0.0159. The summed E-state index contributed by atoms with van der Waals surface area (Å²) in [7, 11) is 0. The minimum Gasteiger partial charge on any atom is -0.480 e. The van der Waals surface area contributed by atoms with Gasteiger partial charge in [0, 0.05) is 25.6 Å². The highest BCUT2D eigenvalue weighted by Gasteiger charge is 2.28. The summed E-state index contributed by atoms with van der Waals surface area (Å²) < 4.78 is 0. The van der Waals surface area contributed by atoms with Crippen molar-refractivity contribution in [2.24, 2.45) is 0 Å². The lowest BCUT2D eigenvalue weighted by Crippen LogP contribution is -2.49. The predicted molar refractivity (Wildman–Crippen MR) is 57.1 cm³/mol. The van der Waals surface area contributed by atoms with E-state index in [1.165, 1.54) is 0 Å². The standard InChI is InChI=1S/C10H18N2O4/c1-7-3-2-5-12(7)10(16)11-8(4-6-13)9(14)15/h7-8,13H,2-6H2,1H3,(H,11,16)(H,14,15)/t7?,8-/m1/s1. The van der Waals surface area contributed by atoms with E-state index in [-0.39, 0.29) is 25.1 Å². The number of carboxylic acids is 1. The minimum atomic E-state index is -1.12. The second-order valence-corrected chi connectivity index (χ2v) is 4.04. The zero-order chi connectivity index (χ0) is 12.1. The molecule has 1 unspecified atom stereocenters. The Morgan fingerprint density at radius 1 is 1.56 bits per heavy atom. The van der Waals surface area contributed by atoms with Gasteiger partial charge in [-0.05, 0) is 19.8 Å². The Hall–Kier alpha value is -1.30. The Balaban J connectivity index is 2.50. The number of hydrogen-bond acceptors (Lipinski definition) is 3. The first kappa shape index (κ1) is 12.8. The third-order valence-corrected chi connectivity index (χ3v) is 2.83. The number of carboxylic acid groups (broad SMARTS) is 1. The van der Waals surface area contributed by atoms with Crippen LogP contribution in [0.4, 0.5) is 4.79 Å². The van der Waals surface area contributed by atoms with Crippen LogP contribution in [-0.4, -0.2) is 52.3 Å². The van der Waals surface area contributed by atoms with Crippen LogP contribution >= 0.6 is 0 Å². The molecule has 6 nitrogen and oxygen atoms in total. The lowest BCUT2D eigenvalue weighted by atomic mass is 10.2.